The third-order valence-electron chi connectivity index (χ3n) is 3.32. The fourth-order valence-corrected chi connectivity index (χ4v) is 1.75. The van der Waals surface area contributed by atoms with Crippen LogP contribution in [0.5, 0.6) is 0 Å². The molecule has 0 saturated heterocycles. The lowest BCUT2D eigenvalue weighted by molar-refractivity contribution is -0.137. The zero-order valence-corrected chi connectivity index (χ0v) is 18.7. The van der Waals surface area contributed by atoms with Gasteiger partial charge in [-0.15, -0.1) is 0 Å². The molecular weight excluding hydrogens is 412 g/mol. The van der Waals surface area contributed by atoms with E-state index in [1.807, 2.05) is 72.8 Å². The van der Waals surface area contributed by atoms with Crippen molar-refractivity contribution >= 4 is 35.0 Å². The molecule has 0 aromatic heterocycles. The van der Waals surface area contributed by atoms with Crippen LogP contribution in [0.3, 0.4) is 0 Å². The summed E-state index contributed by atoms with van der Waals surface area (Å²) in [5.74, 6) is -0.354. The first-order valence-electron chi connectivity index (χ1n) is 9.50. The first kappa shape index (κ1) is 27.8. The second-order valence-electron chi connectivity index (χ2n) is 6.24. The van der Waals surface area contributed by atoms with E-state index in [1.54, 1.807) is 26.0 Å². The Hall–Kier alpha value is -3.21. The lowest BCUT2D eigenvalue weighted by atomic mass is 10.2. The summed E-state index contributed by atoms with van der Waals surface area (Å²) in [6.07, 6.45) is 7.32. The molecule has 0 radical (unpaired) electrons. The van der Waals surface area contributed by atoms with Gasteiger partial charge in [0, 0.05) is 11.1 Å². The van der Waals surface area contributed by atoms with E-state index in [1.165, 1.54) is 0 Å². The third-order valence-corrected chi connectivity index (χ3v) is 3.64. The van der Waals surface area contributed by atoms with Gasteiger partial charge in [-0.2, -0.15) is 0 Å². The van der Waals surface area contributed by atoms with Gasteiger partial charge in [0.15, 0.2) is 0 Å². The maximum absolute atomic E-state index is 11.0. The highest BCUT2D eigenvalue weighted by atomic mass is 35.5. The van der Waals surface area contributed by atoms with Gasteiger partial charge in [0.1, 0.15) is 6.61 Å². The van der Waals surface area contributed by atoms with Crippen LogP contribution in [0, 0.1) is 0 Å². The van der Waals surface area contributed by atoms with Crippen molar-refractivity contribution in [1.82, 2.24) is 0 Å². The van der Waals surface area contributed by atoms with Crippen LogP contribution in [0.25, 0.3) is 12.2 Å². The first-order chi connectivity index (χ1) is 14.8. The molecule has 0 atom stereocenters. The van der Waals surface area contributed by atoms with Gasteiger partial charge in [0.25, 0.3) is 0 Å². The molecule has 4 nitrogen and oxygen atoms in total. The minimum Gasteiger partial charge on any atom is -0.458 e. The Kier molecular flexibility index (Phi) is 15.8. The van der Waals surface area contributed by atoms with E-state index in [0.717, 1.165) is 11.1 Å². The average molecular weight is 441 g/mol. The SMILES string of the molecule is C=C(C)C(=O)Cl.C=C(C)C(=O)OC/C=C/c1ccccc1.OC/C=C/c1ccccc1. The van der Waals surface area contributed by atoms with E-state index in [0.29, 0.717) is 11.1 Å². The van der Waals surface area contributed by atoms with Gasteiger partial charge in [-0.05, 0) is 42.7 Å². The normalized spacial score (nSPS) is 9.81. The van der Waals surface area contributed by atoms with E-state index < -0.39 is 5.24 Å². The molecule has 1 N–H and O–H groups in total. The molecule has 2 rings (SSSR count). The fraction of sp³-hybridized carbons (Fsp3) is 0.154. The molecule has 0 aliphatic rings. The number of rotatable bonds is 7. The molecule has 2 aromatic rings. The van der Waals surface area contributed by atoms with Crippen LogP contribution in [-0.4, -0.2) is 29.5 Å². The smallest absolute Gasteiger partial charge is 0.333 e. The number of halogens is 1. The molecule has 2 aromatic carbocycles. The minimum atomic E-state index is -0.463. The Balaban J connectivity index is 0.000000484. The van der Waals surface area contributed by atoms with E-state index in [-0.39, 0.29) is 19.2 Å². The van der Waals surface area contributed by atoms with Gasteiger partial charge >= 0.3 is 5.97 Å². The zero-order chi connectivity index (χ0) is 23.5. The topological polar surface area (TPSA) is 63.6 Å². The number of hydrogen-bond donors (Lipinski definition) is 1. The predicted molar refractivity (Wildman–Crippen MR) is 129 cm³/mol. The van der Waals surface area contributed by atoms with Crippen molar-refractivity contribution in [1.29, 1.82) is 0 Å². The van der Waals surface area contributed by atoms with Crippen molar-refractivity contribution in [2.75, 3.05) is 13.2 Å². The van der Waals surface area contributed by atoms with Crippen LogP contribution in [0.1, 0.15) is 25.0 Å². The lowest BCUT2D eigenvalue weighted by Gasteiger charge is -1.99. The summed E-state index contributed by atoms with van der Waals surface area (Å²) in [4.78, 5) is 20.8. The molecule has 0 aliphatic carbocycles. The van der Waals surface area contributed by atoms with Gasteiger partial charge < -0.3 is 9.84 Å². The molecule has 164 valence electrons. The highest BCUT2D eigenvalue weighted by molar-refractivity contribution is 6.67. The number of hydrogen-bond acceptors (Lipinski definition) is 4. The van der Waals surface area contributed by atoms with Crippen LogP contribution < -0.4 is 0 Å². The summed E-state index contributed by atoms with van der Waals surface area (Å²) in [6.45, 7) is 10.3. The van der Waals surface area contributed by atoms with Crippen molar-refractivity contribution in [2.24, 2.45) is 0 Å². The van der Waals surface area contributed by atoms with Gasteiger partial charge in [-0.1, -0.05) is 92.0 Å². The van der Waals surface area contributed by atoms with Gasteiger partial charge in [0.05, 0.1) is 6.61 Å². The molecule has 0 amide bonds. The first-order valence-corrected chi connectivity index (χ1v) is 9.87. The lowest BCUT2D eigenvalue weighted by Crippen LogP contribution is -2.04. The van der Waals surface area contributed by atoms with Crippen LogP contribution >= 0.6 is 11.6 Å². The number of carbonyl (C=O) groups excluding carboxylic acids is 2. The molecule has 0 aliphatic heterocycles. The zero-order valence-electron chi connectivity index (χ0n) is 18.0. The van der Waals surface area contributed by atoms with Crippen molar-refractivity contribution < 1.29 is 19.4 Å². The number of aliphatic hydroxyl groups is 1. The van der Waals surface area contributed by atoms with Crippen molar-refractivity contribution in [3.63, 3.8) is 0 Å². The summed E-state index contributed by atoms with van der Waals surface area (Å²) in [6, 6.07) is 19.7. The standard InChI is InChI=1S/C13H14O2.C9H10O.C4H5ClO/c1-11(2)13(14)15-10-6-9-12-7-4-3-5-8-12;10-8-4-7-9-5-2-1-3-6-9;1-3(2)4(5)6/h3-9H,1,10H2,2H3;1-7,10H,8H2;1H2,2H3/b9-6+;7-4+;. The summed E-state index contributed by atoms with van der Waals surface area (Å²) in [5.41, 5.74) is 3.01. The second kappa shape index (κ2) is 17.6. The molecule has 0 heterocycles. The molecule has 0 fully saturated rings. The van der Waals surface area contributed by atoms with Crippen LogP contribution in [0.4, 0.5) is 0 Å². The number of benzene rings is 2. The highest BCUT2D eigenvalue weighted by Crippen LogP contribution is 2.01. The van der Waals surface area contributed by atoms with E-state index >= 15 is 0 Å². The van der Waals surface area contributed by atoms with Crippen molar-refractivity contribution in [2.45, 2.75) is 13.8 Å². The summed E-state index contributed by atoms with van der Waals surface area (Å²) < 4.78 is 4.90. The number of aliphatic hydroxyl groups excluding tert-OH is 1. The molecule has 5 heteroatoms. The number of carbonyl (C=O) groups is 2. The monoisotopic (exact) mass is 440 g/mol. The Morgan fingerprint density at radius 1 is 0.871 bits per heavy atom. The number of ether oxygens (including phenoxy) is 1. The van der Waals surface area contributed by atoms with Crippen molar-refractivity contribution in [3.05, 3.63) is 108 Å². The third kappa shape index (κ3) is 16.3. The minimum absolute atomic E-state index is 0.106. The van der Waals surface area contributed by atoms with Crippen LogP contribution in [-0.2, 0) is 14.3 Å². The van der Waals surface area contributed by atoms with Crippen molar-refractivity contribution in [3.8, 4) is 0 Å². The Morgan fingerprint density at radius 2 is 1.29 bits per heavy atom. The number of allylic oxidation sites excluding steroid dienone is 1. The second-order valence-corrected chi connectivity index (χ2v) is 6.58. The van der Waals surface area contributed by atoms with E-state index in [9.17, 15) is 9.59 Å². The largest absolute Gasteiger partial charge is 0.458 e. The Labute approximate surface area is 189 Å². The molecule has 0 saturated carbocycles. The summed E-state index contributed by atoms with van der Waals surface area (Å²) in [5, 5.41) is 7.98. The molecule has 0 spiro atoms. The maximum atomic E-state index is 11.0. The summed E-state index contributed by atoms with van der Waals surface area (Å²) in [7, 11) is 0. The van der Waals surface area contributed by atoms with Gasteiger partial charge in [0.2, 0.25) is 5.24 Å². The summed E-state index contributed by atoms with van der Waals surface area (Å²) >= 11 is 4.87. The van der Waals surface area contributed by atoms with Gasteiger partial charge in [-0.3, -0.25) is 4.79 Å². The van der Waals surface area contributed by atoms with E-state index in [4.69, 9.17) is 21.4 Å². The molecule has 0 unspecified atom stereocenters. The Bertz CT molecular complexity index is 857. The molecule has 0 bridgehead atoms. The van der Waals surface area contributed by atoms with Gasteiger partial charge in [-0.25, -0.2) is 4.79 Å². The highest BCUT2D eigenvalue weighted by Gasteiger charge is 1.99. The Morgan fingerprint density at radius 3 is 1.65 bits per heavy atom. The average Bonchev–Trinajstić information content (AvgIpc) is 2.77. The van der Waals surface area contributed by atoms with Crippen LogP contribution in [0.2, 0.25) is 0 Å². The molecular formula is C26H29ClO4. The predicted octanol–water partition coefficient (Wildman–Crippen LogP) is 5.84. The maximum Gasteiger partial charge on any atom is 0.333 e. The quantitative estimate of drug-likeness (QED) is 0.333. The molecule has 31 heavy (non-hydrogen) atoms. The number of esters is 1. The van der Waals surface area contributed by atoms with E-state index in [2.05, 4.69) is 13.2 Å². The van der Waals surface area contributed by atoms with Crippen LogP contribution in [0.15, 0.2) is 97.1 Å². The fourth-order valence-electron chi connectivity index (χ4n) is 1.75.